The van der Waals surface area contributed by atoms with Gasteiger partial charge in [0.1, 0.15) is 5.52 Å². The van der Waals surface area contributed by atoms with Crippen molar-refractivity contribution >= 4 is 27.9 Å². The van der Waals surface area contributed by atoms with Crippen LogP contribution in [0.2, 0.25) is 0 Å². The molecule has 0 saturated carbocycles. The number of fused-ring (bicyclic) bond motifs is 2. The molecule has 1 amide bonds. The Bertz CT molecular complexity index is 1290. The first kappa shape index (κ1) is 21.7. The second-order valence-corrected chi connectivity index (χ2v) is 9.75. The lowest BCUT2D eigenvalue weighted by atomic mass is 9.87. The molecule has 0 radical (unpaired) electrons. The number of hydrogen-bond donors (Lipinski definition) is 1. The van der Waals surface area contributed by atoms with Crippen molar-refractivity contribution in [1.82, 2.24) is 19.8 Å². The molecule has 4 aromatic rings. The SMILES string of the molecule is CC(C)c1c(-c2ccc3ncoc3c2)[nH]c2ccc(C3CCN(CC(=O)N(C)C)CC3)cc12. The smallest absolute Gasteiger partial charge is 0.236 e. The summed E-state index contributed by atoms with van der Waals surface area (Å²) in [5, 5.41) is 1.31. The maximum atomic E-state index is 12.1. The zero-order valence-corrected chi connectivity index (χ0v) is 19.9. The predicted molar refractivity (Wildman–Crippen MR) is 132 cm³/mol. The largest absolute Gasteiger partial charge is 0.443 e. The van der Waals surface area contributed by atoms with E-state index in [0.29, 0.717) is 18.4 Å². The highest BCUT2D eigenvalue weighted by Gasteiger charge is 2.24. The minimum atomic E-state index is 0.180. The van der Waals surface area contributed by atoms with Gasteiger partial charge in [-0.3, -0.25) is 9.69 Å². The second kappa shape index (κ2) is 8.67. The minimum Gasteiger partial charge on any atom is -0.443 e. The highest BCUT2D eigenvalue weighted by atomic mass is 16.3. The molecule has 5 rings (SSSR count). The van der Waals surface area contributed by atoms with Gasteiger partial charge in [0.25, 0.3) is 0 Å². The number of aromatic nitrogens is 2. The number of aromatic amines is 1. The fourth-order valence-corrected chi connectivity index (χ4v) is 5.08. The molecule has 0 atom stereocenters. The van der Waals surface area contributed by atoms with Crippen molar-refractivity contribution in [2.45, 2.75) is 38.5 Å². The van der Waals surface area contributed by atoms with Crippen LogP contribution in [0, 0.1) is 0 Å². The van der Waals surface area contributed by atoms with Gasteiger partial charge in [0, 0.05) is 30.6 Å². The van der Waals surface area contributed by atoms with Crippen molar-refractivity contribution < 1.29 is 9.21 Å². The van der Waals surface area contributed by atoms with Gasteiger partial charge in [-0.2, -0.15) is 0 Å². The van der Waals surface area contributed by atoms with Crippen molar-refractivity contribution in [1.29, 1.82) is 0 Å². The van der Waals surface area contributed by atoms with Crippen molar-refractivity contribution in [3.63, 3.8) is 0 Å². The number of likely N-dealkylation sites (tertiary alicyclic amines) is 1. The average Bonchev–Trinajstić information content (AvgIpc) is 3.43. The van der Waals surface area contributed by atoms with E-state index in [1.807, 2.05) is 20.2 Å². The summed E-state index contributed by atoms with van der Waals surface area (Å²) in [6.07, 6.45) is 3.67. The summed E-state index contributed by atoms with van der Waals surface area (Å²) in [5.41, 5.74) is 7.89. The Morgan fingerprint density at radius 3 is 2.70 bits per heavy atom. The van der Waals surface area contributed by atoms with Crippen LogP contribution in [0.15, 0.2) is 47.2 Å². The molecule has 33 heavy (non-hydrogen) atoms. The monoisotopic (exact) mass is 444 g/mol. The summed E-state index contributed by atoms with van der Waals surface area (Å²) in [5.74, 6) is 1.09. The number of amides is 1. The van der Waals surface area contributed by atoms with E-state index in [-0.39, 0.29) is 5.91 Å². The van der Waals surface area contributed by atoms with E-state index in [1.165, 1.54) is 28.4 Å². The van der Waals surface area contributed by atoms with Crippen LogP contribution in [0.5, 0.6) is 0 Å². The fourth-order valence-electron chi connectivity index (χ4n) is 5.08. The third kappa shape index (κ3) is 4.15. The zero-order chi connectivity index (χ0) is 23.1. The number of likely N-dealkylation sites (N-methyl/N-ethyl adjacent to an activating group) is 1. The second-order valence-electron chi connectivity index (χ2n) is 9.75. The molecule has 1 saturated heterocycles. The first-order valence-corrected chi connectivity index (χ1v) is 11.8. The first-order chi connectivity index (χ1) is 15.9. The molecule has 1 aliphatic heterocycles. The molecule has 0 aliphatic carbocycles. The molecule has 1 aliphatic rings. The standard InChI is InChI=1S/C27H32N4O2/c1-17(2)26-21-13-19(18-9-11-31(12-10-18)15-25(32)30(3)4)5-7-22(21)29-27(26)20-6-8-23-24(14-20)33-16-28-23/h5-8,13-14,16-18,29H,9-12,15H2,1-4H3. The van der Waals surface area contributed by atoms with Gasteiger partial charge in [-0.1, -0.05) is 26.0 Å². The molecule has 0 spiro atoms. The summed E-state index contributed by atoms with van der Waals surface area (Å²) < 4.78 is 5.55. The van der Waals surface area contributed by atoms with Gasteiger partial charge >= 0.3 is 0 Å². The van der Waals surface area contributed by atoms with Crippen molar-refractivity contribution in [3.8, 4) is 11.3 Å². The van der Waals surface area contributed by atoms with E-state index < -0.39 is 0 Å². The number of rotatable bonds is 5. The third-order valence-corrected chi connectivity index (χ3v) is 6.98. The number of carbonyl (C=O) groups is 1. The quantitative estimate of drug-likeness (QED) is 0.450. The zero-order valence-electron chi connectivity index (χ0n) is 19.9. The Morgan fingerprint density at radius 1 is 1.18 bits per heavy atom. The molecular weight excluding hydrogens is 412 g/mol. The number of benzene rings is 2. The molecule has 1 N–H and O–H groups in total. The van der Waals surface area contributed by atoms with Crippen LogP contribution in [-0.2, 0) is 4.79 Å². The van der Waals surface area contributed by atoms with E-state index in [0.717, 1.165) is 48.3 Å². The van der Waals surface area contributed by atoms with Gasteiger partial charge in [0.2, 0.25) is 5.91 Å². The van der Waals surface area contributed by atoms with Gasteiger partial charge in [-0.05, 0) is 73.2 Å². The number of oxazole rings is 1. The van der Waals surface area contributed by atoms with Crippen molar-refractivity contribution in [2.24, 2.45) is 0 Å². The molecule has 6 nitrogen and oxygen atoms in total. The van der Waals surface area contributed by atoms with Crippen LogP contribution in [0.1, 0.15) is 49.7 Å². The summed E-state index contributed by atoms with van der Waals surface area (Å²) in [7, 11) is 3.65. The number of carbonyl (C=O) groups excluding carboxylic acids is 1. The average molecular weight is 445 g/mol. The van der Waals surface area contributed by atoms with Crippen LogP contribution in [0.4, 0.5) is 0 Å². The molecule has 3 heterocycles. The van der Waals surface area contributed by atoms with Crippen LogP contribution in [0.3, 0.4) is 0 Å². The van der Waals surface area contributed by atoms with E-state index in [2.05, 4.69) is 59.0 Å². The lowest BCUT2D eigenvalue weighted by Gasteiger charge is -2.32. The normalized spacial score (nSPS) is 15.7. The van der Waals surface area contributed by atoms with E-state index in [4.69, 9.17) is 4.42 Å². The molecule has 172 valence electrons. The Balaban J connectivity index is 1.43. The lowest BCUT2D eigenvalue weighted by molar-refractivity contribution is -0.130. The maximum Gasteiger partial charge on any atom is 0.236 e. The topological polar surface area (TPSA) is 65.4 Å². The Morgan fingerprint density at radius 2 is 1.97 bits per heavy atom. The van der Waals surface area contributed by atoms with Crippen LogP contribution in [-0.4, -0.2) is 59.4 Å². The number of H-pyrrole nitrogens is 1. The summed E-state index contributed by atoms with van der Waals surface area (Å²) >= 11 is 0. The van der Waals surface area contributed by atoms with Gasteiger partial charge in [0.15, 0.2) is 12.0 Å². The van der Waals surface area contributed by atoms with Crippen LogP contribution in [0.25, 0.3) is 33.3 Å². The van der Waals surface area contributed by atoms with Gasteiger partial charge in [-0.15, -0.1) is 0 Å². The number of nitrogens with zero attached hydrogens (tertiary/aromatic N) is 3. The molecule has 0 bridgehead atoms. The third-order valence-electron chi connectivity index (χ3n) is 6.98. The van der Waals surface area contributed by atoms with Crippen LogP contribution >= 0.6 is 0 Å². The Kier molecular flexibility index (Phi) is 5.71. The number of piperidine rings is 1. The van der Waals surface area contributed by atoms with Gasteiger partial charge in [0.05, 0.1) is 12.2 Å². The number of hydrogen-bond acceptors (Lipinski definition) is 4. The highest BCUT2D eigenvalue weighted by Crippen LogP contribution is 2.38. The molecule has 0 unspecified atom stereocenters. The predicted octanol–water partition coefficient (Wildman–Crippen LogP) is 5.37. The molecule has 1 fully saturated rings. The van der Waals surface area contributed by atoms with Gasteiger partial charge in [-0.25, -0.2) is 4.98 Å². The molecule has 6 heteroatoms. The van der Waals surface area contributed by atoms with Crippen LogP contribution < -0.4 is 0 Å². The highest BCUT2D eigenvalue weighted by molar-refractivity contribution is 5.93. The fraction of sp³-hybridized carbons (Fsp3) is 0.407. The first-order valence-electron chi connectivity index (χ1n) is 11.8. The molecule has 2 aromatic carbocycles. The molecular formula is C27H32N4O2. The Labute approximate surface area is 194 Å². The minimum absolute atomic E-state index is 0.180. The summed E-state index contributed by atoms with van der Waals surface area (Å²) in [6.45, 7) is 6.97. The van der Waals surface area contributed by atoms with Crippen molar-refractivity contribution in [2.75, 3.05) is 33.7 Å². The van der Waals surface area contributed by atoms with E-state index in [9.17, 15) is 4.79 Å². The van der Waals surface area contributed by atoms with Crippen molar-refractivity contribution in [3.05, 3.63) is 53.9 Å². The summed E-state index contributed by atoms with van der Waals surface area (Å²) in [4.78, 5) is 23.9. The lowest BCUT2D eigenvalue weighted by Crippen LogP contribution is -2.40. The molecule has 2 aromatic heterocycles. The summed E-state index contributed by atoms with van der Waals surface area (Å²) in [6, 6.07) is 13.1. The number of nitrogens with one attached hydrogen (secondary N) is 1. The maximum absolute atomic E-state index is 12.1. The van der Waals surface area contributed by atoms with E-state index in [1.54, 1.807) is 4.90 Å². The van der Waals surface area contributed by atoms with Gasteiger partial charge < -0.3 is 14.3 Å². The van der Waals surface area contributed by atoms with E-state index >= 15 is 0 Å². The Hall–Kier alpha value is -3.12.